The van der Waals surface area contributed by atoms with Gasteiger partial charge in [0.1, 0.15) is 0 Å². The molecule has 2 aromatic heterocycles. The van der Waals surface area contributed by atoms with E-state index in [0.717, 1.165) is 11.0 Å². The van der Waals surface area contributed by atoms with E-state index < -0.39 is 5.92 Å². The molecule has 1 saturated carbocycles. The van der Waals surface area contributed by atoms with Crippen molar-refractivity contribution in [2.24, 2.45) is 17.4 Å². The molecule has 0 saturated heterocycles. The largest absolute Gasteiger partial charge is 0.512 e. The topological polar surface area (TPSA) is 90.1 Å². The van der Waals surface area contributed by atoms with E-state index in [1.165, 1.54) is 13.1 Å². The Kier molecular flexibility index (Phi) is 4.89. The third-order valence-corrected chi connectivity index (χ3v) is 5.03. The van der Waals surface area contributed by atoms with Crippen molar-refractivity contribution in [2.45, 2.75) is 45.1 Å². The van der Waals surface area contributed by atoms with Crippen LogP contribution in [0, 0.1) is 5.92 Å². The van der Waals surface area contributed by atoms with Gasteiger partial charge >= 0.3 is 0 Å². The van der Waals surface area contributed by atoms with Gasteiger partial charge in [-0.05, 0) is 37.8 Å². The van der Waals surface area contributed by atoms with Gasteiger partial charge in [-0.2, -0.15) is 0 Å². The summed E-state index contributed by atoms with van der Waals surface area (Å²) in [6.07, 6.45) is 5.74. The zero-order valence-corrected chi connectivity index (χ0v) is 14.8. The average molecular weight is 362 g/mol. The Morgan fingerprint density at radius 2 is 2.12 bits per heavy atom. The Morgan fingerprint density at radius 3 is 2.73 bits per heavy atom. The van der Waals surface area contributed by atoms with Gasteiger partial charge in [-0.3, -0.25) is 4.98 Å². The van der Waals surface area contributed by atoms with Crippen molar-refractivity contribution in [3.63, 3.8) is 0 Å². The van der Waals surface area contributed by atoms with Gasteiger partial charge in [0.25, 0.3) is 0 Å². The molecule has 7 heteroatoms. The number of nitrogens with two attached hydrogens (primary N) is 2. The zero-order valence-electron chi connectivity index (χ0n) is 14.8. The highest BCUT2D eigenvalue weighted by atomic mass is 19.3. The Morgan fingerprint density at radius 1 is 1.42 bits per heavy atom. The van der Waals surface area contributed by atoms with E-state index in [9.17, 15) is 13.9 Å². The molecule has 26 heavy (non-hydrogen) atoms. The third kappa shape index (κ3) is 3.66. The van der Waals surface area contributed by atoms with Crippen LogP contribution in [0.3, 0.4) is 0 Å². The van der Waals surface area contributed by atoms with Crippen molar-refractivity contribution in [3.8, 4) is 0 Å². The van der Waals surface area contributed by atoms with E-state index in [1.54, 1.807) is 6.20 Å². The summed E-state index contributed by atoms with van der Waals surface area (Å²) in [4.78, 5) is 4.43. The molecule has 2 heterocycles. The van der Waals surface area contributed by atoms with Gasteiger partial charge in [0.2, 0.25) is 5.92 Å². The summed E-state index contributed by atoms with van der Waals surface area (Å²) in [5, 5.41) is 9.97. The predicted octanol–water partition coefficient (Wildman–Crippen LogP) is 3.91. The Labute approximate surface area is 151 Å². The van der Waals surface area contributed by atoms with Gasteiger partial charge in [-0.25, -0.2) is 8.78 Å². The number of aromatic nitrogens is 2. The van der Waals surface area contributed by atoms with Gasteiger partial charge in [-0.1, -0.05) is 0 Å². The standard InChI is InChI=1S/C19H24F2N4O/c1-12(26)18(15(23)9-22)14-8-17-16(24-10-14)4-7-25(17)11-13-2-5-19(20,21)6-3-13/h4,7-10,13,26H,2-3,5-6,11,22-23H2,1H3/b15-9?,18-12-. The minimum absolute atomic E-state index is 0.0468. The molecule has 1 fully saturated rings. The summed E-state index contributed by atoms with van der Waals surface area (Å²) in [6.45, 7) is 2.21. The van der Waals surface area contributed by atoms with Crippen LogP contribution in [0.5, 0.6) is 0 Å². The Balaban J connectivity index is 1.90. The van der Waals surface area contributed by atoms with Gasteiger partial charge in [0, 0.05) is 49.1 Å². The molecule has 140 valence electrons. The number of hydrogen-bond acceptors (Lipinski definition) is 4. The van der Waals surface area contributed by atoms with Crippen molar-refractivity contribution in [2.75, 3.05) is 0 Å². The molecule has 0 amide bonds. The second-order valence-electron chi connectivity index (χ2n) is 6.98. The summed E-state index contributed by atoms with van der Waals surface area (Å²) in [5.74, 6) is -2.25. The number of alkyl halides is 2. The molecular formula is C19H24F2N4O. The van der Waals surface area contributed by atoms with E-state index in [2.05, 4.69) is 4.98 Å². The van der Waals surface area contributed by atoms with Crippen LogP contribution in [0.2, 0.25) is 0 Å². The minimum Gasteiger partial charge on any atom is -0.512 e. The first-order chi connectivity index (χ1) is 12.3. The van der Waals surface area contributed by atoms with E-state index in [4.69, 9.17) is 11.5 Å². The van der Waals surface area contributed by atoms with E-state index in [1.807, 2.05) is 22.9 Å². The van der Waals surface area contributed by atoms with E-state index in [0.29, 0.717) is 30.5 Å². The molecule has 0 unspecified atom stereocenters. The average Bonchev–Trinajstić information content (AvgIpc) is 2.99. The van der Waals surface area contributed by atoms with Crippen LogP contribution in [0.25, 0.3) is 16.6 Å². The number of pyridine rings is 1. The molecule has 3 rings (SSSR count). The molecule has 5 nitrogen and oxygen atoms in total. The number of halogens is 2. The zero-order chi connectivity index (χ0) is 18.9. The number of aliphatic hydroxyl groups excluding tert-OH is 1. The number of nitrogens with zero attached hydrogens (tertiary/aromatic N) is 2. The molecule has 1 aliphatic rings. The lowest BCUT2D eigenvalue weighted by molar-refractivity contribution is -0.0472. The van der Waals surface area contributed by atoms with Crippen molar-refractivity contribution >= 4 is 16.6 Å². The van der Waals surface area contributed by atoms with Crippen LogP contribution in [0.4, 0.5) is 8.78 Å². The van der Waals surface area contributed by atoms with Crippen LogP contribution < -0.4 is 11.5 Å². The van der Waals surface area contributed by atoms with Crippen LogP contribution >= 0.6 is 0 Å². The normalized spacial score (nSPS) is 19.6. The first-order valence-electron chi connectivity index (χ1n) is 8.71. The lowest BCUT2D eigenvalue weighted by atomic mass is 9.87. The van der Waals surface area contributed by atoms with Crippen LogP contribution in [-0.2, 0) is 6.54 Å². The second-order valence-corrected chi connectivity index (χ2v) is 6.98. The summed E-state index contributed by atoms with van der Waals surface area (Å²) in [6, 6.07) is 3.79. The highest BCUT2D eigenvalue weighted by Crippen LogP contribution is 2.37. The lowest BCUT2D eigenvalue weighted by Gasteiger charge is -2.28. The third-order valence-electron chi connectivity index (χ3n) is 5.03. The maximum absolute atomic E-state index is 13.4. The van der Waals surface area contributed by atoms with Gasteiger partial charge in [0.15, 0.2) is 0 Å². The van der Waals surface area contributed by atoms with Crippen LogP contribution in [0.1, 0.15) is 38.2 Å². The molecule has 5 N–H and O–H groups in total. The number of allylic oxidation sites excluding steroid dienone is 2. The maximum Gasteiger partial charge on any atom is 0.248 e. The molecule has 0 spiro atoms. The van der Waals surface area contributed by atoms with Crippen molar-refractivity contribution in [1.29, 1.82) is 0 Å². The quantitative estimate of drug-likeness (QED) is 0.568. The molecule has 0 aromatic carbocycles. The molecular weight excluding hydrogens is 338 g/mol. The van der Waals surface area contributed by atoms with Gasteiger partial charge < -0.3 is 21.1 Å². The monoisotopic (exact) mass is 362 g/mol. The summed E-state index contributed by atoms with van der Waals surface area (Å²) in [5.41, 5.74) is 14.4. The smallest absolute Gasteiger partial charge is 0.248 e. The fraction of sp³-hybridized carbons (Fsp3) is 0.421. The fourth-order valence-electron chi connectivity index (χ4n) is 3.59. The van der Waals surface area contributed by atoms with Crippen molar-refractivity contribution in [1.82, 2.24) is 9.55 Å². The summed E-state index contributed by atoms with van der Waals surface area (Å²) in [7, 11) is 0. The van der Waals surface area contributed by atoms with E-state index >= 15 is 0 Å². The second kappa shape index (κ2) is 6.97. The summed E-state index contributed by atoms with van der Waals surface area (Å²) >= 11 is 0. The van der Waals surface area contributed by atoms with E-state index in [-0.39, 0.29) is 30.2 Å². The van der Waals surface area contributed by atoms with Gasteiger partial charge in [0.05, 0.1) is 22.5 Å². The lowest BCUT2D eigenvalue weighted by Crippen LogP contribution is -2.26. The number of fused-ring (bicyclic) bond motifs is 1. The predicted molar refractivity (Wildman–Crippen MR) is 98.3 cm³/mol. The number of rotatable bonds is 4. The first kappa shape index (κ1) is 18.2. The summed E-state index contributed by atoms with van der Waals surface area (Å²) < 4.78 is 28.8. The highest BCUT2D eigenvalue weighted by molar-refractivity contribution is 5.85. The Bertz CT molecular complexity index is 856. The number of hydrogen-bond donors (Lipinski definition) is 3. The Hall–Kier alpha value is -2.57. The molecule has 0 radical (unpaired) electrons. The van der Waals surface area contributed by atoms with Crippen molar-refractivity contribution in [3.05, 3.63) is 47.7 Å². The van der Waals surface area contributed by atoms with Crippen LogP contribution in [-0.4, -0.2) is 20.6 Å². The molecule has 0 aliphatic heterocycles. The fourth-order valence-corrected chi connectivity index (χ4v) is 3.59. The number of aliphatic hydroxyl groups is 1. The SMILES string of the molecule is C/C(O)=C(/C(N)=CN)c1cnc2ccn(CC3CCC(F)(F)CC3)c2c1. The first-order valence-corrected chi connectivity index (χ1v) is 8.71. The molecule has 0 atom stereocenters. The molecule has 1 aliphatic carbocycles. The van der Waals surface area contributed by atoms with Crippen molar-refractivity contribution < 1.29 is 13.9 Å². The van der Waals surface area contributed by atoms with Crippen LogP contribution in [0.15, 0.2) is 42.2 Å². The molecule has 2 aromatic rings. The van der Waals surface area contributed by atoms with Gasteiger partial charge in [-0.15, -0.1) is 0 Å². The highest BCUT2D eigenvalue weighted by Gasteiger charge is 2.34. The molecule has 0 bridgehead atoms. The maximum atomic E-state index is 13.4. The minimum atomic E-state index is -2.52.